The number of rotatable bonds is 3. The number of nitrogens with two attached hydrogens (primary N) is 1. The second kappa shape index (κ2) is 7.29. The van der Waals surface area contributed by atoms with Crippen molar-refractivity contribution >= 4 is 22.8 Å². The number of piperazine rings is 1. The van der Waals surface area contributed by atoms with Gasteiger partial charge >= 0.3 is 0 Å². The lowest BCUT2D eigenvalue weighted by atomic mass is 9.80. The highest BCUT2D eigenvalue weighted by Crippen LogP contribution is 2.28. The van der Waals surface area contributed by atoms with Crippen LogP contribution in [-0.2, 0) is 11.8 Å². The van der Waals surface area contributed by atoms with Crippen molar-refractivity contribution < 1.29 is 4.79 Å². The molecule has 0 radical (unpaired) electrons. The van der Waals surface area contributed by atoms with Crippen molar-refractivity contribution in [3.05, 3.63) is 12.5 Å². The topological polar surface area (TPSA) is 96.4 Å². The summed E-state index contributed by atoms with van der Waals surface area (Å²) < 4.78 is 1.76. The van der Waals surface area contributed by atoms with Crippen molar-refractivity contribution in [3.63, 3.8) is 0 Å². The fourth-order valence-corrected chi connectivity index (χ4v) is 4.28. The van der Waals surface area contributed by atoms with Gasteiger partial charge in [-0.2, -0.15) is 5.10 Å². The molecular formula is C19H30N8O. The Balaban J connectivity index is 1.35. The zero-order valence-electron chi connectivity index (χ0n) is 17.0. The summed E-state index contributed by atoms with van der Waals surface area (Å²) >= 11 is 0. The summed E-state index contributed by atoms with van der Waals surface area (Å²) in [7, 11) is 1.88. The molecule has 1 amide bonds. The molecule has 2 aromatic rings. The predicted molar refractivity (Wildman–Crippen MR) is 108 cm³/mol. The van der Waals surface area contributed by atoms with Crippen LogP contribution in [0.1, 0.15) is 20.3 Å². The predicted octanol–water partition coefficient (Wildman–Crippen LogP) is 0.0711. The van der Waals surface area contributed by atoms with Crippen LogP contribution in [0.4, 0.5) is 5.82 Å². The van der Waals surface area contributed by atoms with Gasteiger partial charge in [-0.25, -0.2) is 9.97 Å². The van der Waals surface area contributed by atoms with Crippen LogP contribution in [0, 0.1) is 5.41 Å². The van der Waals surface area contributed by atoms with Gasteiger partial charge in [0.1, 0.15) is 12.1 Å². The molecule has 1 unspecified atom stereocenters. The van der Waals surface area contributed by atoms with E-state index in [1.165, 1.54) is 0 Å². The Morgan fingerprint density at radius 1 is 1.21 bits per heavy atom. The molecule has 2 aromatic heterocycles. The Hall–Kier alpha value is -2.26. The molecular weight excluding hydrogens is 356 g/mol. The second-order valence-corrected chi connectivity index (χ2v) is 8.66. The first kappa shape index (κ1) is 19.1. The average molecular weight is 387 g/mol. The van der Waals surface area contributed by atoms with Crippen molar-refractivity contribution in [2.45, 2.75) is 26.3 Å². The average Bonchev–Trinajstić information content (AvgIpc) is 3.06. The van der Waals surface area contributed by atoms with Gasteiger partial charge in [0.15, 0.2) is 5.65 Å². The lowest BCUT2D eigenvalue weighted by molar-refractivity contribution is -0.133. The monoisotopic (exact) mass is 386 g/mol. The Morgan fingerprint density at radius 3 is 2.68 bits per heavy atom. The molecule has 0 saturated carbocycles. The second-order valence-electron chi connectivity index (χ2n) is 8.66. The molecule has 0 aromatic carbocycles. The third-order valence-electron chi connectivity index (χ3n) is 6.19. The van der Waals surface area contributed by atoms with Crippen LogP contribution in [0.2, 0.25) is 0 Å². The summed E-state index contributed by atoms with van der Waals surface area (Å²) in [6, 6.07) is 0.208. The number of aromatic nitrogens is 4. The first-order valence-corrected chi connectivity index (χ1v) is 9.98. The van der Waals surface area contributed by atoms with E-state index in [9.17, 15) is 4.79 Å². The number of carbonyl (C=O) groups is 1. The third-order valence-corrected chi connectivity index (χ3v) is 6.19. The fraction of sp³-hybridized carbons (Fsp3) is 0.684. The van der Waals surface area contributed by atoms with Gasteiger partial charge in [0, 0.05) is 52.4 Å². The summed E-state index contributed by atoms with van der Waals surface area (Å²) in [6.45, 7) is 9.59. The standard InChI is InChI=1S/C19H30N8O/c1-19(2)12-25(5-4-15(19)20)11-16(28)26-6-8-27(9-7-26)18-14-10-23-24(3)17(14)21-13-22-18/h10,13,15H,4-9,11-12,20H2,1-3H3. The molecule has 9 nitrogen and oxygen atoms in total. The zero-order valence-corrected chi connectivity index (χ0v) is 17.0. The summed E-state index contributed by atoms with van der Waals surface area (Å²) in [4.78, 5) is 28.0. The van der Waals surface area contributed by atoms with Gasteiger partial charge < -0.3 is 15.5 Å². The highest BCUT2D eigenvalue weighted by Gasteiger charge is 2.34. The Morgan fingerprint density at radius 2 is 1.96 bits per heavy atom. The lowest BCUT2D eigenvalue weighted by Crippen LogP contribution is -2.56. The Labute approximate surface area is 165 Å². The summed E-state index contributed by atoms with van der Waals surface area (Å²) in [5, 5.41) is 5.24. The number of carbonyl (C=O) groups excluding carboxylic acids is 1. The molecule has 2 fully saturated rings. The third kappa shape index (κ3) is 3.56. The maximum absolute atomic E-state index is 12.8. The number of nitrogens with zero attached hydrogens (tertiary/aromatic N) is 7. The molecule has 2 N–H and O–H groups in total. The zero-order chi connectivity index (χ0) is 19.9. The minimum absolute atomic E-state index is 0.0549. The van der Waals surface area contributed by atoms with Gasteiger partial charge in [-0.15, -0.1) is 0 Å². The molecule has 0 bridgehead atoms. The maximum atomic E-state index is 12.8. The minimum Gasteiger partial charge on any atom is -0.352 e. The molecule has 28 heavy (non-hydrogen) atoms. The van der Waals surface area contributed by atoms with E-state index in [0.29, 0.717) is 19.6 Å². The van der Waals surface area contributed by atoms with E-state index in [1.807, 2.05) is 18.1 Å². The number of hydrogen-bond acceptors (Lipinski definition) is 7. The quantitative estimate of drug-likeness (QED) is 0.797. The molecule has 4 rings (SSSR count). The van der Waals surface area contributed by atoms with Crippen molar-refractivity contribution in [2.75, 3.05) is 50.7 Å². The number of anilines is 1. The fourth-order valence-electron chi connectivity index (χ4n) is 4.28. The van der Waals surface area contributed by atoms with Crippen LogP contribution in [0.15, 0.2) is 12.5 Å². The van der Waals surface area contributed by atoms with Crippen LogP contribution in [0.3, 0.4) is 0 Å². The van der Waals surface area contributed by atoms with Gasteiger partial charge in [0.2, 0.25) is 5.91 Å². The van der Waals surface area contributed by atoms with Crippen molar-refractivity contribution in [2.24, 2.45) is 18.2 Å². The van der Waals surface area contributed by atoms with E-state index in [1.54, 1.807) is 11.0 Å². The van der Waals surface area contributed by atoms with E-state index in [-0.39, 0.29) is 17.4 Å². The van der Waals surface area contributed by atoms with Gasteiger partial charge in [-0.1, -0.05) is 13.8 Å². The highest BCUT2D eigenvalue weighted by molar-refractivity contribution is 5.87. The van der Waals surface area contributed by atoms with Crippen molar-refractivity contribution in [3.8, 4) is 0 Å². The number of amides is 1. The first-order chi connectivity index (χ1) is 13.3. The van der Waals surface area contributed by atoms with Gasteiger partial charge in [-0.3, -0.25) is 14.4 Å². The molecule has 2 aliphatic heterocycles. The lowest BCUT2D eigenvalue weighted by Gasteiger charge is -2.43. The number of aryl methyl sites for hydroxylation is 1. The van der Waals surface area contributed by atoms with Crippen molar-refractivity contribution in [1.82, 2.24) is 29.5 Å². The molecule has 9 heteroatoms. The Kier molecular flexibility index (Phi) is 4.96. The first-order valence-electron chi connectivity index (χ1n) is 9.98. The molecule has 152 valence electrons. The summed E-state index contributed by atoms with van der Waals surface area (Å²) in [5.41, 5.74) is 7.10. The Bertz CT molecular complexity index is 855. The van der Waals surface area contributed by atoms with Crippen LogP contribution < -0.4 is 10.6 Å². The smallest absolute Gasteiger partial charge is 0.236 e. The van der Waals surface area contributed by atoms with Crippen LogP contribution in [-0.4, -0.2) is 87.3 Å². The molecule has 1 atom stereocenters. The number of fused-ring (bicyclic) bond motifs is 1. The SMILES string of the molecule is Cn1ncc2c(N3CCN(C(=O)CN4CCC(N)C(C)(C)C4)CC3)ncnc21. The maximum Gasteiger partial charge on any atom is 0.236 e. The number of piperidine rings is 1. The molecule has 2 aliphatic rings. The summed E-state index contributed by atoms with van der Waals surface area (Å²) in [5.74, 6) is 1.11. The number of likely N-dealkylation sites (tertiary alicyclic amines) is 1. The molecule has 0 spiro atoms. The van der Waals surface area contributed by atoms with E-state index < -0.39 is 0 Å². The molecule has 0 aliphatic carbocycles. The number of hydrogen-bond donors (Lipinski definition) is 1. The highest BCUT2D eigenvalue weighted by atomic mass is 16.2. The van der Waals surface area contributed by atoms with Crippen LogP contribution >= 0.6 is 0 Å². The van der Waals surface area contributed by atoms with Crippen molar-refractivity contribution in [1.29, 1.82) is 0 Å². The van der Waals surface area contributed by atoms with Crippen LogP contribution in [0.5, 0.6) is 0 Å². The van der Waals surface area contributed by atoms with E-state index in [2.05, 4.69) is 38.7 Å². The van der Waals surface area contributed by atoms with E-state index in [4.69, 9.17) is 5.73 Å². The minimum atomic E-state index is 0.0549. The normalized spacial score (nSPS) is 23.4. The van der Waals surface area contributed by atoms with Crippen LogP contribution in [0.25, 0.3) is 11.0 Å². The summed E-state index contributed by atoms with van der Waals surface area (Å²) in [6.07, 6.45) is 4.34. The van der Waals surface area contributed by atoms with Gasteiger partial charge in [0.25, 0.3) is 0 Å². The van der Waals surface area contributed by atoms with Gasteiger partial charge in [0.05, 0.1) is 18.1 Å². The largest absolute Gasteiger partial charge is 0.352 e. The van der Waals surface area contributed by atoms with Gasteiger partial charge in [-0.05, 0) is 11.8 Å². The molecule has 4 heterocycles. The van der Waals surface area contributed by atoms with E-state index in [0.717, 1.165) is 49.5 Å². The van der Waals surface area contributed by atoms with E-state index >= 15 is 0 Å². The molecule has 2 saturated heterocycles.